The minimum absolute atomic E-state index is 0.255. The van der Waals surface area contributed by atoms with Crippen LogP contribution in [-0.4, -0.2) is 54.9 Å². The topological polar surface area (TPSA) is 53.6 Å². The Morgan fingerprint density at radius 1 is 1.41 bits per heavy atom. The van der Waals surface area contributed by atoms with Crippen molar-refractivity contribution in [2.24, 2.45) is 0 Å². The van der Waals surface area contributed by atoms with Crippen LogP contribution in [0.3, 0.4) is 0 Å². The zero-order chi connectivity index (χ0) is 12.5. The maximum atomic E-state index is 11.5. The lowest BCUT2D eigenvalue weighted by Gasteiger charge is -2.43. The molecule has 2 saturated heterocycles. The van der Waals surface area contributed by atoms with Crippen LogP contribution in [0.1, 0.15) is 27.2 Å². The van der Waals surface area contributed by atoms with Crippen molar-refractivity contribution < 1.29 is 9.53 Å². The Bertz CT molecular complexity index is 276. The van der Waals surface area contributed by atoms with E-state index in [4.69, 9.17) is 4.74 Å². The van der Waals surface area contributed by atoms with Gasteiger partial charge in [0.1, 0.15) is 5.60 Å². The van der Waals surface area contributed by atoms with Gasteiger partial charge in [0.15, 0.2) is 0 Å². The zero-order valence-corrected chi connectivity index (χ0v) is 11.0. The number of amides is 1. The van der Waals surface area contributed by atoms with E-state index in [1.807, 2.05) is 20.8 Å². The fourth-order valence-corrected chi connectivity index (χ4v) is 2.33. The molecule has 1 atom stereocenters. The Labute approximate surface area is 103 Å². The number of hydrogen-bond donors (Lipinski definition) is 2. The molecule has 0 aromatic heterocycles. The third-order valence-electron chi connectivity index (χ3n) is 3.18. The van der Waals surface area contributed by atoms with Crippen molar-refractivity contribution in [3.05, 3.63) is 0 Å². The maximum Gasteiger partial charge on any atom is 0.407 e. The van der Waals surface area contributed by atoms with Crippen LogP contribution in [0.2, 0.25) is 0 Å². The average Bonchev–Trinajstić information content (AvgIpc) is 2.59. The third kappa shape index (κ3) is 3.57. The molecular weight excluding hydrogens is 218 g/mol. The number of alkyl carbamates (subject to hydrolysis) is 1. The number of hydrogen-bond acceptors (Lipinski definition) is 4. The van der Waals surface area contributed by atoms with Crippen LogP contribution in [0.25, 0.3) is 0 Å². The van der Waals surface area contributed by atoms with Crippen LogP contribution in [0.4, 0.5) is 4.79 Å². The highest BCUT2D eigenvalue weighted by Gasteiger charge is 2.35. The molecule has 0 radical (unpaired) electrons. The molecular formula is C12H23N3O2. The van der Waals surface area contributed by atoms with Gasteiger partial charge in [-0.05, 0) is 33.7 Å². The van der Waals surface area contributed by atoms with Crippen LogP contribution in [-0.2, 0) is 4.74 Å². The van der Waals surface area contributed by atoms with E-state index < -0.39 is 5.60 Å². The van der Waals surface area contributed by atoms with Crippen molar-refractivity contribution in [3.8, 4) is 0 Å². The van der Waals surface area contributed by atoms with Crippen LogP contribution in [0, 0.1) is 0 Å². The fraction of sp³-hybridized carbons (Fsp3) is 0.917. The van der Waals surface area contributed by atoms with Crippen molar-refractivity contribution in [1.82, 2.24) is 15.5 Å². The van der Waals surface area contributed by atoms with Gasteiger partial charge in [-0.3, -0.25) is 4.90 Å². The van der Waals surface area contributed by atoms with E-state index in [0.29, 0.717) is 6.04 Å². The minimum atomic E-state index is -0.414. The first-order valence-electron chi connectivity index (χ1n) is 6.38. The molecule has 2 aliphatic rings. The second-order valence-electron chi connectivity index (χ2n) is 5.94. The number of nitrogens with one attached hydrogen (secondary N) is 2. The van der Waals surface area contributed by atoms with Crippen molar-refractivity contribution >= 4 is 6.09 Å². The first kappa shape index (κ1) is 12.6. The van der Waals surface area contributed by atoms with Crippen LogP contribution in [0.15, 0.2) is 0 Å². The van der Waals surface area contributed by atoms with Crippen molar-refractivity contribution in [1.29, 1.82) is 0 Å². The Morgan fingerprint density at radius 2 is 2.12 bits per heavy atom. The highest BCUT2D eigenvalue weighted by Crippen LogP contribution is 2.17. The lowest BCUT2D eigenvalue weighted by atomic mass is 10.0. The molecule has 0 saturated carbocycles. The van der Waals surface area contributed by atoms with E-state index in [1.54, 1.807) is 0 Å². The van der Waals surface area contributed by atoms with Gasteiger partial charge in [0, 0.05) is 25.7 Å². The summed E-state index contributed by atoms with van der Waals surface area (Å²) < 4.78 is 5.22. The Morgan fingerprint density at radius 3 is 2.65 bits per heavy atom. The van der Waals surface area contributed by atoms with Crippen LogP contribution in [0.5, 0.6) is 0 Å². The summed E-state index contributed by atoms with van der Waals surface area (Å²) in [6, 6.07) is 0.914. The molecule has 1 unspecified atom stereocenters. The first-order valence-corrected chi connectivity index (χ1v) is 6.38. The van der Waals surface area contributed by atoms with Gasteiger partial charge in [-0.25, -0.2) is 4.79 Å². The van der Waals surface area contributed by atoms with Crippen LogP contribution >= 0.6 is 0 Å². The summed E-state index contributed by atoms with van der Waals surface area (Å²) in [7, 11) is 0. The van der Waals surface area contributed by atoms with Gasteiger partial charge < -0.3 is 15.4 Å². The smallest absolute Gasteiger partial charge is 0.407 e. The number of ether oxygens (including phenoxy) is 1. The van der Waals surface area contributed by atoms with Crippen molar-refractivity contribution in [2.75, 3.05) is 26.2 Å². The second-order valence-corrected chi connectivity index (χ2v) is 5.94. The molecule has 0 aromatic carbocycles. The lowest BCUT2D eigenvalue weighted by molar-refractivity contribution is 0.0340. The van der Waals surface area contributed by atoms with E-state index in [0.717, 1.165) is 26.2 Å². The van der Waals surface area contributed by atoms with Gasteiger partial charge in [0.2, 0.25) is 0 Å². The number of carbonyl (C=O) groups is 1. The Kier molecular flexibility index (Phi) is 3.58. The fourth-order valence-electron chi connectivity index (χ4n) is 2.33. The predicted octanol–water partition coefficient (Wildman–Crippen LogP) is 0.557. The highest BCUT2D eigenvalue weighted by atomic mass is 16.6. The minimum Gasteiger partial charge on any atom is -0.444 e. The van der Waals surface area contributed by atoms with E-state index in [-0.39, 0.29) is 12.1 Å². The molecule has 0 spiro atoms. The summed E-state index contributed by atoms with van der Waals surface area (Å²) >= 11 is 0. The molecule has 98 valence electrons. The summed E-state index contributed by atoms with van der Waals surface area (Å²) in [5.74, 6) is 0. The van der Waals surface area contributed by atoms with Gasteiger partial charge in [-0.1, -0.05) is 0 Å². The van der Waals surface area contributed by atoms with E-state index in [1.165, 1.54) is 6.42 Å². The molecule has 17 heavy (non-hydrogen) atoms. The molecule has 2 fully saturated rings. The molecule has 2 rings (SSSR count). The summed E-state index contributed by atoms with van der Waals surface area (Å²) in [5, 5.41) is 6.26. The van der Waals surface area contributed by atoms with Gasteiger partial charge in [-0.15, -0.1) is 0 Å². The quantitative estimate of drug-likeness (QED) is 0.741. The molecule has 1 amide bonds. The molecule has 5 nitrogen and oxygen atoms in total. The Hall–Kier alpha value is -0.810. The number of likely N-dealkylation sites (tertiary alicyclic amines) is 1. The molecule has 0 aliphatic carbocycles. The standard InChI is InChI=1S/C12H23N3O2/c1-12(2,3)17-11(16)14-9-7-15(8-9)10-4-5-13-6-10/h9-10,13H,4-8H2,1-3H3,(H,14,16). The second kappa shape index (κ2) is 4.82. The first-order chi connectivity index (χ1) is 7.94. The largest absolute Gasteiger partial charge is 0.444 e. The zero-order valence-electron chi connectivity index (χ0n) is 11.0. The van der Waals surface area contributed by atoms with Gasteiger partial charge >= 0.3 is 6.09 Å². The molecule has 0 aromatic rings. The van der Waals surface area contributed by atoms with Gasteiger partial charge in [-0.2, -0.15) is 0 Å². The van der Waals surface area contributed by atoms with Gasteiger partial charge in [0.25, 0.3) is 0 Å². The number of carbonyl (C=O) groups excluding carboxylic acids is 1. The van der Waals surface area contributed by atoms with E-state index in [2.05, 4.69) is 15.5 Å². The van der Waals surface area contributed by atoms with E-state index >= 15 is 0 Å². The summed E-state index contributed by atoms with van der Waals surface area (Å²) in [6.07, 6.45) is 0.922. The molecule has 0 bridgehead atoms. The SMILES string of the molecule is CC(C)(C)OC(=O)NC1CN(C2CCNC2)C1. The molecule has 2 N–H and O–H groups in total. The summed E-state index contributed by atoms with van der Waals surface area (Å²) in [4.78, 5) is 13.9. The van der Waals surface area contributed by atoms with Crippen molar-refractivity contribution in [3.63, 3.8) is 0 Å². The van der Waals surface area contributed by atoms with E-state index in [9.17, 15) is 4.79 Å². The number of nitrogens with zero attached hydrogens (tertiary/aromatic N) is 1. The third-order valence-corrected chi connectivity index (χ3v) is 3.18. The summed E-state index contributed by atoms with van der Waals surface area (Å²) in [5.41, 5.74) is -0.414. The summed E-state index contributed by atoms with van der Waals surface area (Å²) in [6.45, 7) is 9.74. The monoisotopic (exact) mass is 241 g/mol. The molecule has 2 heterocycles. The van der Waals surface area contributed by atoms with Crippen molar-refractivity contribution in [2.45, 2.75) is 44.9 Å². The normalized spacial score (nSPS) is 26.6. The maximum absolute atomic E-state index is 11.5. The molecule has 5 heteroatoms. The van der Waals surface area contributed by atoms with Gasteiger partial charge in [0.05, 0.1) is 6.04 Å². The predicted molar refractivity (Wildman–Crippen MR) is 66.0 cm³/mol. The lowest BCUT2D eigenvalue weighted by Crippen LogP contribution is -2.62. The number of rotatable bonds is 2. The molecule has 2 aliphatic heterocycles. The Balaban J connectivity index is 1.65. The van der Waals surface area contributed by atoms with Crippen LogP contribution < -0.4 is 10.6 Å². The highest BCUT2D eigenvalue weighted by molar-refractivity contribution is 5.68. The average molecular weight is 241 g/mol.